The normalized spacial score (nSPS) is 10.6. The smallest absolute Gasteiger partial charge is 0.173 e. The molecular weight excluding hydrogens is 284 g/mol. The molecule has 0 fully saturated rings. The van der Waals surface area contributed by atoms with Crippen molar-refractivity contribution in [1.29, 1.82) is 0 Å². The number of ether oxygens (including phenoxy) is 1. The van der Waals surface area contributed by atoms with E-state index in [9.17, 15) is 4.79 Å². The van der Waals surface area contributed by atoms with E-state index in [1.165, 1.54) is 0 Å². The lowest BCUT2D eigenvalue weighted by Crippen LogP contribution is -2.08. The Morgan fingerprint density at radius 1 is 1.29 bits per heavy atom. The maximum atomic E-state index is 12.4. The highest BCUT2D eigenvalue weighted by Gasteiger charge is 2.14. The minimum absolute atomic E-state index is 0.157. The number of aryl methyl sites for hydroxylation is 2. The summed E-state index contributed by atoms with van der Waals surface area (Å²) in [4.78, 5) is 12.4. The Kier molecular flexibility index (Phi) is 5.51. The molecule has 0 saturated heterocycles. The SMILES string of the molecule is CCOc1cc(C)c(C(=O)CSCc2ccco2)c(C)c1. The lowest BCUT2D eigenvalue weighted by atomic mass is 9.99. The molecule has 0 aliphatic rings. The number of benzene rings is 1. The van der Waals surface area contributed by atoms with E-state index in [2.05, 4.69) is 0 Å². The van der Waals surface area contributed by atoms with Crippen LogP contribution >= 0.6 is 11.8 Å². The number of hydrogen-bond donors (Lipinski definition) is 0. The van der Waals surface area contributed by atoms with Gasteiger partial charge in [0.15, 0.2) is 5.78 Å². The van der Waals surface area contributed by atoms with Crippen LogP contribution in [0.5, 0.6) is 5.75 Å². The van der Waals surface area contributed by atoms with Crippen molar-refractivity contribution in [1.82, 2.24) is 0 Å². The minimum Gasteiger partial charge on any atom is -0.494 e. The van der Waals surface area contributed by atoms with Crippen LogP contribution in [0.3, 0.4) is 0 Å². The first-order valence-corrected chi connectivity index (χ1v) is 8.14. The van der Waals surface area contributed by atoms with Gasteiger partial charge in [-0.2, -0.15) is 0 Å². The van der Waals surface area contributed by atoms with Crippen LogP contribution in [-0.4, -0.2) is 18.1 Å². The summed E-state index contributed by atoms with van der Waals surface area (Å²) in [5, 5.41) is 0. The van der Waals surface area contributed by atoms with E-state index in [0.29, 0.717) is 18.1 Å². The van der Waals surface area contributed by atoms with Crippen LogP contribution in [0.1, 0.15) is 34.2 Å². The summed E-state index contributed by atoms with van der Waals surface area (Å²) >= 11 is 1.57. The van der Waals surface area contributed by atoms with Crippen LogP contribution < -0.4 is 4.74 Å². The van der Waals surface area contributed by atoms with E-state index < -0.39 is 0 Å². The van der Waals surface area contributed by atoms with Gasteiger partial charge in [0.2, 0.25) is 0 Å². The molecule has 0 amide bonds. The summed E-state index contributed by atoms with van der Waals surface area (Å²) < 4.78 is 10.8. The van der Waals surface area contributed by atoms with Crippen molar-refractivity contribution in [3.63, 3.8) is 0 Å². The standard InChI is InChI=1S/C17H20O3S/c1-4-19-15-8-12(2)17(13(3)9-15)16(18)11-21-10-14-6-5-7-20-14/h5-9H,4,10-11H2,1-3H3. The van der Waals surface area contributed by atoms with Gasteiger partial charge in [0.25, 0.3) is 0 Å². The van der Waals surface area contributed by atoms with Gasteiger partial charge in [-0.05, 0) is 56.2 Å². The quantitative estimate of drug-likeness (QED) is 0.710. The zero-order chi connectivity index (χ0) is 15.2. The molecule has 1 aromatic heterocycles. The topological polar surface area (TPSA) is 39.4 Å². The Hall–Kier alpha value is -1.68. The highest BCUT2D eigenvalue weighted by atomic mass is 32.2. The molecule has 21 heavy (non-hydrogen) atoms. The van der Waals surface area contributed by atoms with E-state index in [4.69, 9.17) is 9.15 Å². The minimum atomic E-state index is 0.157. The Morgan fingerprint density at radius 3 is 2.57 bits per heavy atom. The number of Topliss-reactive ketones (excluding diaryl/α,β-unsaturated/α-hetero) is 1. The molecule has 0 aliphatic carbocycles. The number of thioether (sulfide) groups is 1. The van der Waals surface area contributed by atoms with Crippen LogP contribution in [0.2, 0.25) is 0 Å². The van der Waals surface area contributed by atoms with Crippen molar-refractivity contribution in [2.24, 2.45) is 0 Å². The number of rotatable bonds is 7. The molecule has 0 spiro atoms. The zero-order valence-electron chi connectivity index (χ0n) is 12.6. The monoisotopic (exact) mass is 304 g/mol. The summed E-state index contributed by atoms with van der Waals surface area (Å²) in [5.41, 5.74) is 2.76. The molecule has 0 saturated carbocycles. The molecule has 2 aromatic rings. The summed E-state index contributed by atoms with van der Waals surface area (Å²) in [6.45, 7) is 6.50. The third-order valence-corrected chi connectivity index (χ3v) is 4.11. The fraction of sp³-hybridized carbons (Fsp3) is 0.353. The van der Waals surface area contributed by atoms with E-state index in [0.717, 1.165) is 28.2 Å². The molecule has 1 heterocycles. The zero-order valence-corrected chi connectivity index (χ0v) is 13.5. The first-order valence-electron chi connectivity index (χ1n) is 6.99. The van der Waals surface area contributed by atoms with Crippen LogP contribution in [0.4, 0.5) is 0 Å². The van der Waals surface area contributed by atoms with Gasteiger partial charge in [-0.15, -0.1) is 11.8 Å². The third-order valence-electron chi connectivity index (χ3n) is 3.15. The predicted octanol–water partition coefficient (Wildman–Crippen LogP) is 4.41. The Balaban J connectivity index is 2.01. The molecule has 1 aromatic carbocycles. The number of hydrogen-bond acceptors (Lipinski definition) is 4. The Morgan fingerprint density at radius 2 is 2.00 bits per heavy atom. The highest BCUT2D eigenvalue weighted by molar-refractivity contribution is 7.99. The maximum absolute atomic E-state index is 12.4. The molecule has 3 nitrogen and oxygen atoms in total. The van der Waals surface area contributed by atoms with E-state index in [1.54, 1.807) is 18.0 Å². The van der Waals surface area contributed by atoms with Gasteiger partial charge in [0, 0.05) is 5.56 Å². The van der Waals surface area contributed by atoms with Crippen LogP contribution in [0.15, 0.2) is 34.9 Å². The van der Waals surface area contributed by atoms with Gasteiger partial charge in [-0.3, -0.25) is 4.79 Å². The second-order valence-electron chi connectivity index (χ2n) is 4.86. The molecule has 0 radical (unpaired) electrons. The highest BCUT2D eigenvalue weighted by Crippen LogP contribution is 2.24. The van der Waals surface area contributed by atoms with Gasteiger partial charge < -0.3 is 9.15 Å². The second-order valence-corrected chi connectivity index (χ2v) is 5.85. The molecular formula is C17H20O3S. The second kappa shape index (κ2) is 7.36. The van der Waals surface area contributed by atoms with Gasteiger partial charge in [0.1, 0.15) is 11.5 Å². The Labute approximate surface area is 129 Å². The molecule has 0 aliphatic heterocycles. The summed E-state index contributed by atoms with van der Waals surface area (Å²) in [7, 11) is 0. The van der Waals surface area contributed by atoms with E-state index in [-0.39, 0.29) is 5.78 Å². The van der Waals surface area contributed by atoms with Gasteiger partial charge in [0.05, 0.1) is 24.4 Å². The Bertz CT molecular complexity index is 579. The van der Waals surface area contributed by atoms with E-state index in [1.807, 2.05) is 45.0 Å². The molecule has 2 rings (SSSR count). The van der Waals surface area contributed by atoms with Crippen LogP contribution in [0.25, 0.3) is 0 Å². The van der Waals surface area contributed by atoms with Crippen molar-refractivity contribution in [2.75, 3.05) is 12.4 Å². The molecule has 0 unspecified atom stereocenters. The van der Waals surface area contributed by atoms with Gasteiger partial charge >= 0.3 is 0 Å². The molecule has 0 bridgehead atoms. The summed E-state index contributed by atoms with van der Waals surface area (Å²) in [5.74, 6) is 3.05. The summed E-state index contributed by atoms with van der Waals surface area (Å²) in [6, 6.07) is 7.64. The maximum Gasteiger partial charge on any atom is 0.173 e. The van der Waals surface area contributed by atoms with Crippen LogP contribution in [-0.2, 0) is 5.75 Å². The third kappa shape index (κ3) is 4.14. The van der Waals surface area contributed by atoms with Gasteiger partial charge in [-0.25, -0.2) is 0 Å². The van der Waals surface area contributed by atoms with Crippen molar-refractivity contribution < 1.29 is 13.9 Å². The molecule has 112 valence electrons. The average molecular weight is 304 g/mol. The first-order chi connectivity index (χ1) is 10.1. The number of ketones is 1. The predicted molar refractivity (Wildman–Crippen MR) is 86.3 cm³/mol. The van der Waals surface area contributed by atoms with Crippen molar-refractivity contribution in [3.05, 3.63) is 53.0 Å². The fourth-order valence-electron chi connectivity index (χ4n) is 2.32. The lowest BCUT2D eigenvalue weighted by Gasteiger charge is -2.12. The van der Waals surface area contributed by atoms with Gasteiger partial charge in [-0.1, -0.05) is 0 Å². The lowest BCUT2D eigenvalue weighted by molar-refractivity contribution is 0.102. The van der Waals surface area contributed by atoms with Crippen LogP contribution in [0, 0.1) is 13.8 Å². The number of carbonyl (C=O) groups excluding carboxylic acids is 1. The number of furan rings is 1. The number of carbonyl (C=O) groups is 1. The average Bonchev–Trinajstić information content (AvgIpc) is 2.91. The molecule has 0 atom stereocenters. The largest absolute Gasteiger partial charge is 0.494 e. The van der Waals surface area contributed by atoms with Crippen molar-refractivity contribution >= 4 is 17.5 Å². The summed E-state index contributed by atoms with van der Waals surface area (Å²) in [6.07, 6.45) is 1.65. The molecule has 0 N–H and O–H groups in total. The van der Waals surface area contributed by atoms with Crippen molar-refractivity contribution in [2.45, 2.75) is 26.5 Å². The fourth-order valence-corrected chi connectivity index (χ4v) is 3.12. The van der Waals surface area contributed by atoms with E-state index >= 15 is 0 Å². The van der Waals surface area contributed by atoms with Crippen molar-refractivity contribution in [3.8, 4) is 5.75 Å². The molecule has 4 heteroatoms. The first kappa shape index (κ1) is 15.7.